The Morgan fingerprint density at radius 3 is 2.46 bits per heavy atom. The Balaban J connectivity index is 2.16. The molecule has 0 bridgehead atoms. The predicted molar refractivity (Wildman–Crippen MR) is 117 cm³/mol. The van der Waals surface area contributed by atoms with Gasteiger partial charge in [0.25, 0.3) is 0 Å². The molecule has 0 fully saturated rings. The summed E-state index contributed by atoms with van der Waals surface area (Å²) in [7, 11) is -1.25. The molecule has 0 amide bonds. The summed E-state index contributed by atoms with van der Waals surface area (Å²) in [5.41, 5.74) is 6.02. The van der Waals surface area contributed by atoms with Gasteiger partial charge in [-0.1, -0.05) is 76.4 Å². The zero-order valence-corrected chi connectivity index (χ0v) is 18.3. The van der Waals surface area contributed by atoms with Crippen molar-refractivity contribution in [1.29, 1.82) is 0 Å². The van der Waals surface area contributed by atoms with Crippen LogP contribution in [0.3, 0.4) is 0 Å². The van der Waals surface area contributed by atoms with Gasteiger partial charge < -0.3 is 4.57 Å². The van der Waals surface area contributed by atoms with Crippen LogP contribution in [0.2, 0.25) is 19.6 Å². The van der Waals surface area contributed by atoms with Gasteiger partial charge in [0.2, 0.25) is 0 Å². The summed E-state index contributed by atoms with van der Waals surface area (Å²) < 4.78 is 2.64. The van der Waals surface area contributed by atoms with E-state index >= 15 is 0 Å². The summed E-state index contributed by atoms with van der Waals surface area (Å²) in [5.74, 6) is 0.459. The molecule has 4 rings (SSSR count). The molecule has 0 saturated carbocycles. The first kappa shape index (κ1) is 17.6. The van der Waals surface area contributed by atoms with Gasteiger partial charge in [-0.2, -0.15) is 0 Å². The average Bonchev–Trinajstić information content (AvgIpc) is 3.00. The Hall–Kier alpha value is -1.80. The lowest BCUT2D eigenvalue weighted by Gasteiger charge is -2.22. The van der Waals surface area contributed by atoms with Gasteiger partial charge in [-0.3, -0.25) is 0 Å². The predicted octanol–water partition coefficient (Wildman–Crippen LogP) is 4.89. The highest BCUT2D eigenvalue weighted by molar-refractivity contribution is 6.75. The van der Waals surface area contributed by atoms with E-state index in [4.69, 9.17) is 0 Å². The van der Waals surface area contributed by atoms with Crippen LogP contribution in [0, 0.1) is 5.92 Å². The number of nitrogens with zero attached hydrogens (tertiary/aromatic N) is 1. The Morgan fingerprint density at radius 2 is 1.81 bits per heavy atom. The van der Waals surface area contributed by atoms with Gasteiger partial charge in [-0.05, 0) is 35.6 Å². The third-order valence-electron chi connectivity index (χ3n) is 5.72. The van der Waals surface area contributed by atoms with E-state index in [0.29, 0.717) is 5.92 Å². The third-order valence-corrected chi connectivity index (χ3v) is 6.99. The van der Waals surface area contributed by atoms with Crippen molar-refractivity contribution in [2.24, 2.45) is 5.92 Å². The summed E-state index contributed by atoms with van der Waals surface area (Å²) >= 11 is 0. The van der Waals surface area contributed by atoms with Gasteiger partial charge in [-0.15, -0.1) is 0 Å². The van der Waals surface area contributed by atoms with Crippen LogP contribution < -0.4 is 10.6 Å². The molecule has 0 radical (unpaired) electrons. The van der Waals surface area contributed by atoms with Gasteiger partial charge in [0.15, 0.2) is 0 Å². The molecule has 2 aliphatic carbocycles. The summed E-state index contributed by atoms with van der Waals surface area (Å²) in [6.07, 6.45) is 10.3. The van der Waals surface area contributed by atoms with E-state index in [-0.39, 0.29) is 5.41 Å². The molecule has 2 heteroatoms. The first-order valence-corrected chi connectivity index (χ1v) is 13.5. The van der Waals surface area contributed by atoms with Gasteiger partial charge in [0.1, 0.15) is 0 Å². The second kappa shape index (κ2) is 5.59. The molecule has 136 valence electrons. The monoisotopic (exact) mass is 361 g/mol. The third kappa shape index (κ3) is 2.66. The largest absolute Gasteiger partial charge is 0.343 e. The molecule has 26 heavy (non-hydrogen) atoms. The van der Waals surface area contributed by atoms with Gasteiger partial charge >= 0.3 is 0 Å². The molecule has 2 aliphatic rings. The smallest absolute Gasteiger partial charge is 0.0671 e. The van der Waals surface area contributed by atoms with Crippen molar-refractivity contribution in [3.8, 4) is 0 Å². The molecule has 1 unspecified atom stereocenters. The van der Waals surface area contributed by atoms with E-state index in [1.165, 1.54) is 44.3 Å². The number of rotatable bonds is 2. The molecule has 1 atom stereocenters. The molecule has 1 heterocycles. The van der Waals surface area contributed by atoms with Crippen molar-refractivity contribution >= 4 is 30.1 Å². The van der Waals surface area contributed by atoms with Crippen molar-refractivity contribution in [2.45, 2.75) is 58.9 Å². The van der Waals surface area contributed by atoms with Crippen molar-refractivity contribution < 1.29 is 0 Å². The first-order chi connectivity index (χ1) is 12.1. The molecular formula is C24H31NSi. The van der Waals surface area contributed by atoms with Crippen LogP contribution in [0.15, 0.2) is 42.5 Å². The fourth-order valence-corrected chi connectivity index (χ4v) is 5.74. The SMILES string of the molecule is CC1=c2c(n(C[Si](C)(C)C)c3ccc(C(C)(C)C)cc23)=C2C=CC=CC12. The molecule has 1 nitrogen and oxygen atoms in total. The van der Waals surface area contributed by atoms with Crippen LogP contribution in [0.1, 0.15) is 33.3 Å². The van der Waals surface area contributed by atoms with Crippen LogP contribution >= 0.6 is 0 Å². The fraction of sp³-hybridized carbons (Fsp3) is 0.417. The second-order valence-electron chi connectivity index (χ2n) is 10.2. The number of benzene rings is 1. The summed E-state index contributed by atoms with van der Waals surface area (Å²) in [6, 6.07) is 7.18. The lowest BCUT2D eigenvalue weighted by molar-refractivity contribution is 0.591. The average molecular weight is 362 g/mol. The van der Waals surface area contributed by atoms with Crippen LogP contribution in [0.5, 0.6) is 0 Å². The number of fused-ring (bicyclic) bond motifs is 4. The summed E-state index contributed by atoms with van der Waals surface area (Å²) in [6.45, 7) is 16.7. The lowest BCUT2D eigenvalue weighted by Crippen LogP contribution is -2.37. The van der Waals surface area contributed by atoms with Crippen LogP contribution in [0.4, 0.5) is 0 Å². The minimum Gasteiger partial charge on any atom is -0.343 e. The van der Waals surface area contributed by atoms with E-state index in [1.54, 1.807) is 0 Å². The minimum atomic E-state index is -1.25. The van der Waals surface area contributed by atoms with E-state index in [2.05, 4.69) is 94.4 Å². The van der Waals surface area contributed by atoms with E-state index in [1.807, 2.05) is 0 Å². The normalized spacial score (nSPS) is 19.4. The standard InChI is InChI=1S/C24H31NSi/c1-16-18-10-8-9-11-19(18)23-22(16)20-14-17(24(2,3)4)12-13-21(20)25(23)15-26(5,6)7/h8-14,18H,15H2,1-7H3. The summed E-state index contributed by atoms with van der Waals surface area (Å²) in [5, 5.41) is 4.43. The van der Waals surface area contributed by atoms with Gasteiger partial charge in [-0.25, -0.2) is 0 Å². The highest BCUT2D eigenvalue weighted by Crippen LogP contribution is 2.32. The van der Waals surface area contributed by atoms with Gasteiger partial charge in [0.05, 0.1) is 13.4 Å². The molecule has 1 aromatic carbocycles. The van der Waals surface area contributed by atoms with Crippen molar-refractivity contribution in [2.75, 3.05) is 0 Å². The minimum absolute atomic E-state index is 0.175. The topological polar surface area (TPSA) is 4.93 Å². The lowest BCUT2D eigenvalue weighted by atomic mass is 9.86. The number of aromatic nitrogens is 1. The molecule has 0 saturated heterocycles. The maximum Gasteiger partial charge on any atom is 0.0671 e. The van der Waals surface area contributed by atoms with Crippen LogP contribution in [-0.2, 0) is 11.6 Å². The Bertz CT molecular complexity index is 1080. The first-order valence-electron chi connectivity index (χ1n) is 9.80. The quantitative estimate of drug-likeness (QED) is 0.671. The molecular weight excluding hydrogens is 330 g/mol. The highest BCUT2D eigenvalue weighted by atomic mass is 28.3. The second-order valence-corrected chi connectivity index (χ2v) is 15.6. The Labute approximate surface area is 158 Å². The molecule has 0 spiro atoms. The fourth-order valence-electron chi connectivity index (χ4n) is 4.46. The molecule has 2 aromatic rings. The maximum atomic E-state index is 2.64. The van der Waals surface area contributed by atoms with E-state index < -0.39 is 8.07 Å². The zero-order chi connectivity index (χ0) is 18.9. The zero-order valence-electron chi connectivity index (χ0n) is 17.3. The number of hydrogen-bond donors (Lipinski definition) is 0. The number of allylic oxidation sites excluding steroid dienone is 4. The number of hydrogen-bond acceptors (Lipinski definition) is 0. The van der Waals surface area contributed by atoms with Crippen molar-refractivity contribution in [1.82, 2.24) is 4.57 Å². The molecule has 0 N–H and O–H groups in total. The Morgan fingerprint density at radius 1 is 1.08 bits per heavy atom. The van der Waals surface area contributed by atoms with Gasteiger partial charge in [0, 0.05) is 28.2 Å². The molecule has 0 aliphatic heterocycles. The van der Waals surface area contributed by atoms with E-state index in [9.17, 15) is 0 Å². The highest BCUT2D eigenvalue weighted by Gasteiger charge is 2.28. The van der Waals surface area contributed by atoms with Crippen molar-refractivity contribution in [3.05, 3.63) is 58.6 Å². The molecule has 1 aromatic heterocycles. The van der Waals surface area contributed by atoms with Crippen LogP contribution in [0.25, 0.3) is 22.0 Å². The summed E-state index contributed by atoms with van der Waals surface area (Å²) in [4.78, 5) is 0. The Kier molecular flexibility index (Phi) is 3.79. The van der Waals surface area contributed by atoms with Crippen molar-refractivity contribution in [3.63, 3.8) is 0 Å². The van der Waals surface area contributed by atoms with E-state index in [0.717, 1.165) is 0 Å². The van der Waals surface area contributed by atoms with Crippen LogP contribution in [-0.4, -0.2) is 12.6 Å². The maximum absolute atomic E-state index is 2.64.